The molecule has 4 rings (SSSR count). The molecule has 2 aromatic carbocycles. The van der Waals surface area contributed by atoms with Crippen LogP contribution >= 0.6 is 23.2 Å². The first-order valence-corrected chi connectivity index (χ1v) is 12.7. The topological polar surface area (TPSA) is 74.7 Å². The summed E-state index contributed by atoms with van der Waals surface area (Å²) < 4.78 is 10.5. The van der Waals surface area contributed by atoms with Crippen LogP contribution in [0.4, 0.5) is 0 Å². The number of carbonyl (C=O) groups excluding carboxylic acids is 2. The predicted molar refractivity (Wildman–Crippen MR) is 139 cm³/mol. The lowest BCUT2D eigenvalue weighted by atomic mass is 9.98. The number of hydrazone groups is 1. The third-order valence-electron chi connectivity index (χ3n) is 6.35. The van der Waals surface area contributed by atoms with Gasteiger partial charge in [0.15, 0.2) is 0 Å². The van der Waals surface area contributed by atoms with Crippen LogP contribution < -0.4 is 0 Å². The van der Waals surface area contributed by atoms with E-state index in [4.69, 9.17) is 32.7 Å². The van der Waals surface area contributed by atoms with Crippen molar-refractivity contribution in [1.29, 1.82) is 0 Å². The van der Waals surface area contributed by atoms with Crippen LogP contribution in [-0.2, 0) is 19.1 Å². The van der Waals surface area contributed by atoms with Crippen molar-refractivity contribution >= 4 is 40.7 Å². The molecule has 0 spiro atoms. The largest absolute Gasteiger partial charge is 0.379 e. The first kappa shape index (κ1) is 26.6. The number of benzene rings is 2. The van der Waals surface area contributed by atoms with Crippen molar-refractivity contribution in [1.82, 2.24) is 14.8 Å². The molecule has 36 heavy (non-hydrogen) atoms. The van der Waals surface area contributed by atoms with Crippen LogP contribution in [0.5, 0.6) is 0 Å². The molecule has 8 nitrogen and oxygen atoms in total. The number of nitrogens with zero attached hydrogens (tertiary/aromatic N) is 4. The second-order valence-corrected chi connectivity index (χ2v) is 9.52. The quantitative estimate of drug-likeness (QED) is 0.494. The molecule has 192 valence electrons. The summed E-state index contributed by atoms with van der Waals surface area (Å²) in [7, 11) is 1.47. The summed E-state index contributed by atoms with van der Waals surface area (Å²) in [6.45, 7) is 3.76. The van der Waals surface area contributed by atoms with Crippen LogP contribution in [0.25, 0.3) is 0 Å². The fourth-order valence-electron chi connectivity index (χ4n) is 4.42. The van der Waals surface area contributed by atoms with Crippen LogP contribution in [0.1, 0.15) is 23.6 Å². The van der Waals surface area contributed by atoms with E-state index in [1.165, 1.54) is 17.0 Å². The Balaban J connectivity index is 1.57. The molecule has 10 heteroatoms. The molecule has 1 atom stereocenters. The maximum absolute atomic E-state index is 13.6. The van der Waals surface area contributed by atoms with Gasteiger partial charge in [-0.3, -0.25) is 14.5 Å². The Morgan fingerprint density at radius 3 is 2.47 bits per heavy atom. The van der Waals surface area contributed by atoms with Crippen molar-refractivity contribution in [2.75, 3.05) is 59.7 Å². The van der Waals surface area contributed by atoms with Gasteiger partial charge in [-0.2, -0.15) is 5.10 Å². The fourth-order valence-corrected chi connectivity index (χ4v) is 4.92. The molecule has 0 aromatic heterocycles. The average Bonchev–Trinajstić information content (AvgIpc) is 3.33. The van der Waals surface area contributed by atoms with E-state index in [9.17, 15) is 9.59 Å². The molecule has 2 aliphatic rings. The summed E-state index contributed by atoms with van der Waals surface area (Å²) in [6, 6.07) is 14.4. The monoisotopic (exact) mass is 532 g/mol. The lowest BCUT2D eigenvalue weighted by Crippen LogP contribution is -2.47. The van der Waals surface area contributed by atoms with Crippen LogP contribution in [-0.4, -0.2) is 92.0 Å². The van der Waals surface area contributed by atoms with Crippen LogP contribution in [0.3, 0.4) is 0 Å². The maximum atomic E-state index is 13.6. The Morgan fingerprint density at radius 2 is 1.78 bits per heavy atom. The number of amides is 2. The van der Waals surface area contributed by atoms with Crippen LogP contribution in [0.15, 0.2) is 53.6 Å². The highest BCUT2D eigenvalue weighted by molar-refractivity contribution is 6.34. The summed E-state index contributed by atoms with van der Waals surface area (Å²) >= 11 is 13.0. The van der Waals surface area contributed by atoms with Crippen molar-refractivity contribution in [3.05, 3.63) is 69.7 Å². The van der Waals surface area contributed by atoms with E-state index in [1.54, 1.807) is 12.1 Å². The number of hydrogen-bond donors (Lipinski definition) is 0. The molecule has 0 bridgehead atoms. The van der Waals surface area contributed by atoms with E-state index in [1.807, 2.05) is 36.4 Å². The molecule has 1 saturated heterocycles. The van der Waals surface area contributed by atoms with Gasteiger partial charge in [-0.25, -0.2) is 5.01 Å². The minimum absolute atomic E-state index is 0.0987. The van der Waals surface area contributed by atoms with Crippen molar-refractivity contribution in [3.63, 3.8) is 0 Å². The summed E-state index contributed by atoms with van der Waals surface area (Å²) in [4.78, 5) is 30.2. The van der Waals surface area contributed by atoms with Gasteiger partial charge in [0.1, 0.15) is 13.2 Å². The smallest absolute Gasteiger partial charge is 0.262 e. The second kappa shape index (κ2) is 12.7. The molecule has 0 aliphatic carbocycles. The normalized spacial score (nSPS) is 18.2. The number of rotatable bonds is 9. The molecule has 0 N–H and O–H groups in total. The molecule has 1 unspecified atom stereocenters. The number of halogens is 2. The van der Waals surface area contributed by atoms with Gasteiger partial charge >= 0.3 is 0 Å². The van der Waals surface area contributed by atoms with Crippen LogP contribution in [0.2, 0.25) is 10.0 Å². The molecule has 2 aromatic rings. The highest BCUT2D eigenvalue weighted by atomic mass is 35.5. The Kier molecular flexibility index (Phi) is 9.34. The molecular weight excluding hydrogens is 503 g/mol. The van der Waals surface area contributed by atoms with Gasteiger partial charge in [-0.05, 0) is 17.7 Å². The second-order valence-electron chi connectivity index (χ2n) is 8.71. The summed E-state index contributed by atoms with van der Waals surface area (Å²) in [5, 5.41) is 7.25. The zero-order valence-electron chi connectivity index (χ0n) is 20.2. The number of morpholine rings is 1. The highest BCUT2D eigenvalue weighted by Gasteiger charge is 2.36. The van der Waals surface area contributed by atoms with E-state index in [0.717, 1.165) is 24.2 Å². The highest BCUT2D eigenvalue weighted by Crippen LogP contribution is 2.37. The maximum Gasteiger partial charge on any atom is 0.262 e. The summed E-state index contributed by atoms with van der Waals surface area (Å²) in [6.07, 6.45) is 0.457. The summed E-state index contributed by atoms with van der Waals surface area (Å²) in [5.74, 6) is -0.545. The van der Waals surface area contributed by atoms with Gasteiger partial charge in [-0.15, -0.1) is 0 Å². The lowest BCUT2D eigenvalue weighted by molar-refractivity contribution is -0.143. The van der Waals surface area contributed by atoms with E-state index in [2.05, 4.69) is 10.0 Å². The van der Waals surface area contributed by atoms with Gasteiger partial charge in [0.2, 0.25) is 5.91 Å². The number of hydrogen-bond acceptors (Lipinski definition) is 6. The Labute approximate surface area is 221 Å². The van der Waals surface area contributed by atoms with E-state index >= 15 is 0 Å². The number of carbonyl (C=O) groups is 2. The Hall–Kier alpha value is -2.49. The van der Waals surface area contributed by atoms with Crippen molar-refractivity contribution in [2.45, 2.75) is 12.5 Å². The molecule has 2 heterocycles. The average molecular weight is 533 g/mol. The third kappa shape index (κ3) is 6.44. The number of ether oxygens (including phenoxy) is 2. The van der Waals surface area contributed by atoms with Gasteiger partial charge in [0.25, 0.3) is 5.91 Å². The predicted octanol–water partition coefficient (Wildman–Crippen LogP) is 3.48. The third-order valence-corrected chi connectivity index (χ3v) is 7.03. The van der Waals surface area contributed by atoms with E-state index in [-0.39, 0.29) is 25.0 Å². The standard InChI is InChI=1S/C26H30Cl2N4O4/c1-35-18-26(34)31(11-10-30-12-14-36-15-13-30)17-25(33)32-24(20-7-3-5-9-22(20)28)16-23(29-32)19-6-2-4-8-21(19)27/h2-9,24H,10-18H2,1H3. The first-order valence-electron chi connectivity index (χ1n) is 11.9. The molecule has 0 radical (unpaired) electrons. The number of methoxy groups -OCH3 is 1. The van der Waals surface area contributed by atoms with E-state index in [0.29, 0.717) is 48.5 Å². The molecule has 2 amide bonds. The SMILES string of the molecule is COCC(=O)N(CCN1CCOCC1)CC(=O)N1N=C(c2ccccc2Cl)CC1c1ccccc1Cl. The lowest BCUT2D eigenvalue weighted by Gasteiger charge is -2.31. The van der Waals surface area contributed by atoms with Crippen LogP contribution in [0, 0.1) is 0 Å². The minimum Gasteiger partial charge on any atom is -0.379 e. The van der Waals surface area contributed by atoms with Gasteiger partial charge in [-0.1, -0.05) is 59.6 Å². The Bertz CT molecular complexity index is 1110. The molecule has 1 fully saturated rings. The first-order chi connectivity index (χ1) is 17.5. The van der Waals surface area contributed by atoms with Gasteiger partial charge in [0.05, 0.1) is 25.0 Å². The minimum atomic E-state index is -0.406. The molecule has 2 aliphatic heterocycles. The van der Waals surface area contributed by atoms with Crippen molar-refractivity contribution in [3.8, 4) is 0 Å². The zero-order valence-corrected chi connectivity index (χ0v) is 21.7. The van der Waals surface area contributed by atoms with Crippen molar-refractivity contribution in [2.24, 2.45) is 5.10 Å². The van der Waals surface area contributed by atoms with Gasteiger partial charge in [0, 0.05) is 55.3 Å². The van der Waals surface area contributed by atoms with E-state index < -0.39 is 6.04 Å². The molecular formula is C26H30Cl2N4O4. The molecule has 0 saturated carbocycles. The van der Waals surface area contributed by atoms with Gasteiger partial charge < -0.3 is 14.4 Å². The summed E-state index contributed by atoms with van der Waals surface area (Å²) in [5.41, 5.74) is 2.26. The fraction of sp³-hybridized carbons (Fsp3) is 0.423. The van der Waals surface area contributed by atoms with Crippen molar-refractivity contribution < 1.29 is 19.1 Å². The zero-order chi connectivity index (χ0) is 25.5. The Morgan fingerprint density at radius 1 is 1.08 bits per heavy atom.